The van der Waals surface area contributed by atoms with E-state index in [2.05, 4.69) is 22.4 Å². The average Bonchev–Trinajstić information content (AvgIpc) is 2.81. The lowest BCUT2D eigenvalue weighted by molar-refractivity contribution is -0.182. The number of benzene rings is 2. The van der Waals surface area contributed by atoms with Crippen molar-refractivity contribution in [2.75, 3.05) is 13.1 Å². The largest absolute Gasteiger partial charge is 0.366 e. The third kappa shape index (κ3) is 4.76. The van der Waals surface area contributed by atoms with Gasteiger partial charge in [0.15, 0.2) is 0 Å². The summed E-state index contributed by atoms with van der Waals surface area (Å²) in [7, 11) is -4.53. The molecule has 9 nitrogen and oxygen atoms in total. The van der Waals surface area contributed by atoms with Crippen molar-refractivity contribution in [2.24, 2.45) is 5.73 Å². The third-order valence-electron chi connectivity index (χ3n) is 6.50. The van der Waals surface area contributed by atoms with Crippen LogP contribution in [0.2, 0.25) is 10.0 Å². The first kappa shape index (κ1) is 27.8. The summed E-state index contributed by atoms with van der Waals surface area (Å²) in [6.45, 7) is 2.45. The molecule has 37 heavy (non-hydrogen) atoms. The Kier molecular flexibility index (Phi) is 7.66. The van der Waals surface area contributed by atoms with E-state index in [1.54, 1.807) is 38.1 Å². The molecule has 2 fully saturated rings. The first-order chi connectivity index (χ1) is 17.3. The Balaban J connectivity index is 1.92. The van der Waals surface area contributed by atoms with E-state index in [-0.39, 0.29) is 21.4 Å². The molecule has 0 aliphatic carbocycles. The molecule has 3 amide bonds. The second-order valence-corrected chi connectivity index (χ2v) is 12.6. The van der Waals surface area contributed by atoms with Crippen LogP contribution in [0.25, 0.3) is 0 Å². The number of halogens is 3. The minimum Gasteiger partial charge on any atom is -0.366 e. The van der Waals surface area contributed by atoms with Crippen molar-refractivity contribution >= 4 is 66.9 Å². The lowest BCUT2D eigenvalue weighted by Crippen LogP contribution is -2.83. The van der Waals surface area contributed by atoms with Crippen LogP contribution in [0, 0.1) is 6.42 Å². The number of piperazine rings is 1. The highest BCUT2D eigenvalue weighted by Gasteiger charge is 2.64. The molecule has 2 aliphatic heterocycles. The molecular formula is C24H23BrCl2N4O5S. The number of hydrogen-bond donors (Lipinski definition) is 1. The summed E-state index contributed by atoms with van der Waals surface area (Å²) in [4.78, 5) is 42.3. The SMILES string of the molecule is CC(C)N1CC2(C(N)=O)N(C(=O)[C]CN2S(=O)(=O)c2ccc(Cl)cc2Cl)C(Cc2ccc(Br)cc2)C1=O. The fourth-order valence-corrected chi connectivity index (χ4v) is 7.30. The minimum absolute atomic E-state index is 0.0212. The van der Waals surface area contributed by atoms with E-state index in [9.17, 15) is 22.8 Å². The molecule has 0 saturated carbocycles. The Morgan fingerprint density at radius 1 is 1.19 bits per heavy atom. The number of hydrogen-bond acceptors (Lipinski definition) is 5. The first-order valence-corrected chi connectivity index (χ1v) is 14.2. The van der Waals surface area contributed by atoms with Gasteiger partial charge in [-0.15, -0.1) is 0 Å². The van der Waals surface area contributed by atoms with Gasteiger partial charge in [-0.3, -0.25) is 14.4 Å². The fourth-order valence-electron chi connectivity index (χ4n) is 4.68. The van der Waals surface area contributed by atoms with Gasteiger partial charge in [0.1, 0.15) is 10.9 Å². The zero-order chi connectivity index (χ0) is 27.3. The zero-order valence-corrected chi connectivity index (χ0v) is 23.7. The van der Waals surface area contributed by atoms with Crippen molar-refractivity contribution in [3.05, 3.63) is 69.0 Å². The predicted molar refractivity (Wildman–Crippen MR) is 141 cm³/mol. The van der Waals surface area contributed by atoms with Gasteiger partial charge in [-0.25, -0.2) is 8.42 Å². The Hall–Kier alpha value is -2.18. The second-order valence-electron chi connectivity index (χ2n) is 9.03. The number of carbonyl (C=O) groups is 3. The van der Waals surface area contributed by atoms with Crippen LogP contribution < -0.4 is 5.73 Å². The highest BCUT2D eigenvalue weighted by molar-refractivity contribution is 9.10. The van der Waals surface area contributed by atoms with Crippen LogP contribution in [0.3, 0.4) is 0 Å². The number of nitrogens with zero attached hydrogens (tertiary/aromatic N) is 3. The van der Waals surface area contributed by atoms with Crippen LogP contribution in [0.5, 0.6) is 0 Å². The number of sulfonamides is 1. The normalized spacial score (nSPS) is 22.9. The molecule has 2 aromatic rings. The van der Waals surface area contributed by atoms with Crippen molar-refractivity contribution in [1.29, 1.82) is 0 Å². The molecular weight excluding hydrogens is 607 g/mol. The van der Waals surface area contributed by atoms with Crippen LogP contribution in [-0.4, -0.2) is 71.1 Å². The second kappa shape index (κ2) is 10.2. The third-order valence-corrected chi connectivity index (χ3v) is 9.61. The molecule has 2 aromatic carbocycles. The van der Waals surface area contributed by atoms with Gasteiger partial charge >= 0.3 is 0 Å². The van der Waals surface area contributed by atoms with Gasteiger partial charge in [-0.05, 0) is 49.7 Å². The van der Waals surface area contributed by atoms with E-state index in [0.29, 0.717) is 5.56 Å². The van der Waals surface area contributed by atoms with Crippen molar-refractivity contribution in [3.63, 3.8) is 0 Å². The Bertz CT molecular complexity index is 1370. The zero-order valence-electron chi connectivity index (χ0n) is 19.8. The minimum atomic E-state index is -4.53. The van der Waals surface area contributed by atoms with Gasteiger partial charge in [0, 0.05) is 28.5 Å². The molecule has 2 saturated heterocycles. The molecule has 196 valence electrons. The highest BCUT2D eigenvalue weighted by Crippen LogP contribution is 2.40. The summed E-state index contributed by atoms with van der Waals surface area (Å²) in [5, 5.41) is 0.0422. The number of rotatable bonds is 6. The number of carbonyl (C=O) groups excluding carboxylic acids is 3. The number of fused-ring (bicyclic) bond motifs is 1. The van der Waals surface area contributed by atoms with E-state index in [4.69, 9.17) is 28.9 Å². The van der Waals surface area contributed by atoms with Crippen LogP contribution in [0.4, 0.5) is 0 Å². The van der Waals surface area contributed by atoms with Crippen molar-refractivity contribution in [1.82, 2.24) is 14.1 Å². The summed E-state index contributed by atoms with van der Waals surface area (Å²) < 4.78 is 29.5. The molecule has 2 unspecified atom stereocenters. The van der Waals surface area contributed by atoms with E-state index in [1.807, 2.05) is 0 Å². The molecule has 4 rings (SSSR count). The Labute approximate surface area is 233 Å². The van der Waals surface area contributed by atoms with Gasteiger partial charge in [0.2, 0.25) is 27.5 Å². The standard InChI is InChI=1S/C24H23BrCl2N4O5S/c1-14(2)29-13-24(23(28)34)30(37(35,36)20-8-7-17(26)12-18(20)27)10-9-21(32)31(24)19(22(29)33)11-15-3-5-16(25)6-4-15/h3-8,12,14,19H,10-11,13H2,1-2H3,(H2,28,34). The predicted octanol–water partition coefficient (Wildman–Crippen LogP) is 2.71. The topological polar surface area (TPSA) is 121 Å². The quantitative estimate of drug-likeness (QED) is 0.527. The van der Waals surface area contributed by atoms with Gasteiger partial charge < -0.3 is 15.5 Å². The summed E-state index contributed by atoms with van der Waals surface area (Å²) in [5.74, 6) is -2.32. The van der Waals surface area contributed by atoms with Crippen LogP contribution in [0.1, 0.15) is 19.4 Å². The smallest absolute Gasteiger partial charge is 0.261 e. The molecule has 0 spiro atoms. The molecule has 0 aromatic heterocycles. The molecule has 2 heterocycles. The van der Waals surface area contributed by atoms with Gasteiger partial charge in [-0.1, -0.05) is 51.3 Å². The molecule has 0 bridgehead atoms. The average molecular weight is 630 g/mol. The van der Waals surface area contributed by atoms with Crippen molar-refractivity contribution in [3.8, 4) is 0 Å². The highest BCUT2D eigenvalue weighted by atomic mass is 79.9. The van der Waals surface area contributed by atoms with Crippen molar-refractivity contribution < 1.29 is 22.8 Å². The monoisotopic (exact) mass is 628 g/mol. The molecule has 2 atom stereocenters. The van der Waals surface area contributed by atoms with Crippen LogP contribution in [-0.2, 0) is 30.8 Å². The van der Waals surface area contributed by atoms with E-state index in [1.165, 1.54) is 23.1 Å². The fraction of sp³-hybridized carbons (Fsp3) is 0.333. The lowest BCUT2D eigenvalue weighted by Gasteiger charge is -2.58. The summed E-state index contributed by atoms with van der Waals surface area (Å²) in [6.07, 6.45) is 2.51. The number of primary amides is 1. The summed E-state index contributed by atoms with van der Waals surface area (Å²) in [6, 6.07) is 9.26. The maximum atomic E-state index is 14.0. The Morgan fingerprint density at radius 3 is 2.41 bits per heavy atom. The molecule has 2 N–H and O–H groups in total. The van der Waals surface area contributed by atoms with Crippen molar-refractivity contribution in [2.45, 2.75) is 42.9 Å². The maximum Gasteiger partial charge on any atom is 0.261 e. The summed E-state index contributed by atoms with van der Waals surface area (Å²) >= 11 is 15.6. The van der Waals surface area contributed by atoms with E-state index in [0.717, 1.165) is 13.7 Å². The van der Waals surface area contributed by atoms with E-state index >= 15 is 0 Å². The molecule has 13 heteroatoms. The molecule has 2 radical (unpaired) electrons. The lowest BCUT2D eigenvalue weighted by atomic mass is 9.90. The van der Waals surface area contributed by atoms with Gasteiger partial charge in [0.05, 0.1) is 18.0 Å². The number of nitrogens with two attached hydrogens (primary N) is 1. The van der Waals surface area contributed by atoms with E-state index < -0.39 is 58.6 Å². The first-order valence-electron chi connectivity index (χ1n) is 11.2. The number of amides is 3. The van der Waals surface area contributed by atoms with Crippen LogP contribution in [0.15, 0.2) is 51.8 Å². The summed E-state index contributed by atoms with van der Waals surface area (Å²) in [5.41, 5.74) is 4.39. The molecule has 2 aliphatic rings. The van der Waals surface area contributed by atoms with Gasteiger partial charge in [0.25, 0.3) is 5.91 Å². The maximum absolute atomic E-state index is 14.0. The van der Waals surface area contributed by atoms with Gasteiger partial charge in [-0.2, -0.15) is 4.31 Å². The van der Waals surface area contributed by atoms with Crippen LogP contribution >= 0.6 is 39.1 Å². The Morgan fingerprint density at radius 2 is 1.84 bits per heavy atom.